The highest BCUT2D eigenvalue weighted by Crippen LogP contribution is 2.21. The van der Waals surface area contributed by atoms with Crippen LogP contribution in [0.3, 0.4) is 0 Å². The molecular weight excluding hydrogens is 360 g/mol. The average molecular weight is 381 g/mol. The lowest BCUT2D eigenvalue weighted by molar-refractivity contribution is -0.133. The van der Waals surface area contributed by atoms with Crippen LogP contribution in [0.15, 0.2) is 41.0 Å². The lowest BCUT2D eigenvalue weighted by Crippen LogP contribution is -2.40. The summed E-state index contributed by atoms with van der Waals surface area (Å²) in [6, 6.07) is 6.80. The van der Waals surface area contributed by atoms with Crippen LogP contribution in [-0.4, -0.2) is 60.6 Å². The van der Waals surface area contributed by atoms with Crippen LogP contribution < -0.4 is 10.2 Å². The predicted molar refractivity (Wildman–Crippen MR) is 93.4 cm³/mol. The number of likely N-dealkylation sites (tertiary alicyclic amines) is 1. The van der Waals surface area contributed by atoms with Crippen molar-refractivity contribution in [1.82, 2.24) is 10.3 Å². The Kier molecular flexibility index (Phi) is 6.36. The first kappa shape index (κ1) is 19.2. The van der Waals surface area contributed by atoms with Gasteiger partial charge in [0.05, 0.1) is 12.7 Å². The molecule has 1 aromatic rings. The van der Waals surface area contributed by atoms with E-state index < -0.39 is 12.7 Å². The third kappa shape index (κ3) is 5.01. The van der Waals surface area contributed by atoms with E-state index in [4.69, 9.17) is 14.6 Å². The van der Waals surface area contributed by atoms with Crippen molar-refractivity contribution < 1.29 is 28.2 Å². The topological polar surface area (TPSA) is 83.4 Å². The summed E-state index contributed by atoms with van der Waals surface area (Å²) in [5.41, 5.74) is 3.11. The van der Waals surface area contributed by atoms with Gasteiger partial charge in [-0.25, -0.2) is 8.78 Å². The molecule has 1 saturated heterocycles. The van der Waals surface area contributed by atoms with Crippen LogP contribution in [0.4, 0.5) is 8.78 Å². The fraction of sp³-hybridized carbons (Fsp3) is 0.444. The lowest BCUT2D eigenvalue weighted by Gasteiger charge is -2.25. The molecule has 27 heavy (non-hydrogen) atoms. The number of carbonyl (C=O) groups excluding carboxylic acids is 1. The summed E-state index contributed by atoms with van der Waals surface area (Å²) in [6.45, 7) is 0.599. The van der Waals surface area contributed by atoms with E-state index in [0.29, 0.717) is 25.3 Å². The maximum atomic E-state index is 13.0. The van der Waals surface area contributed by atoms with E-state index in [-0.39, 0.29) is 30.8 Å². The second kappa shape index (κ2) is 8.92. The number of carbonyl (C=O) groups is 1. The molecule has 0 spiro atoms. The Hall–Kier alpha value is -2.52. The largest absolute Gasteiger partial charge is 0.484 e. The molecule has 3 rings (SSSR count). The lowest BCUT2D eigenvalue weighted by atomic mass is 10.2. The Labute approximate surface area is 155 Å². The minimum absolute atomic E-state index is 0.0575. The van der Waals surface area contributed by atoms with Crippen LogP contribution in [0.25, 0.3) is 0 Å². The van der Waals surface area contributed by atoms with E-state index in [9.17, 15) is 13.6 Å². The third-order valence-electron chi connectivity index (χ3n) is 4.38. The van der Waals surface area contributed by atoms with Gasteiger partial charge in [-0.3, -0.25) is 10.2 Å². The zero-order chi connectivity index (χ0) is 19.2. The summed E-state index contributed by atoms with van der Waals surface area (Å²) in [7, 11) is 0. The highest BCUT2D eigenvalue weighted by atomic mass is 19.3. The standard InChI is InChI=1S/C18H21F2N3O4/c19-17(20)15-5-7-21-22-18(15)27-14-6-8-23(9-14)16(25)11-26-13-3-1-12(10-24)2-4-13/h1-5,7,14,17-18,22,24H,6,8-11H2. The maximum Gasteiger partial charge on any atom is 0.264 e. The molecule has 2 unspecified atom stereocenters. The summed E-state index contributed by atoms with van der Waals surface area (Å²) in [4.78, 5) is 13.9. The van der Waals surface area contributed by atoms with Crippen LogP contribution in [0, 0.1) is 0 Å². The number of nitrogens with zero attached hydrogens (tertiary/aromatic N) is 2. The summed E-state index contributed by atoms with van der Waals surface area (Å²) < 4.78 is 37.2. The molecule has 7 nitrogen and oxygen atoms in total. The Morgan fingerprint density at radius 1 is 1.37 bits per heavy atom. The Morgan fingerprint density at radius 3 is 2.85 bits per heavy atom. The number of alkyl halides is 2. The molecule has 1 aromatic carbocycles. The van der Waals surface area contributed by atoms with Gasteiger partial charge in [0.2, 0.25) is 0 Å². The normalized spacial score (nSPS) is 21.9. The van der Waals surface area contributed by atoms with Gasteiger partial charge < -0.3 is 19.5 Å². The molecule has 0 bridgehead atoms. The minimum Gasteiger partial charge on any atom is -0.484 e. The van der Waals surface area contributed by atoms with Gasteiger partial charge >= 0.3 is 0 Å². The first-order chi connectivity index (χ1) is 13.1. The molecule has 0 radical (unpaired) electrons. The predicted octanol–water partition coefficient (Wildman–Crippen LogP) is 1.28. The SMILES string of the molecule is O=C(COc1ccc(CO)cc1)N1CCC(OC2NN=CC=C2C(F)F)C1. The van der Waals surface area contributed by atoms with E-state index in [1.165, 1.54) is 12.3 Å². The Balaban J connectivity index is 1.46. The Bertz CT molecular complexity index is 709. The van der Waals surface area contributed by atoms with Gasteiger partial charge in [-0.05, 0) is 30.2 Å². The molecule has 2 aliphatic heterocycles. The third-order valence-corrected chi connectivity index (χ3v) is 4.38. The van der Waals surface area contributed by atoms with Gasteiger partial charge in [-0.15, -0.1) is 0 Å². The second-order valence-electron chi connectivity index (χ2n) is 6.23. The quantitative estimate of drug-likeness (QED) is 0.744. The van der Waals surface area contributed by atoms with Gasteiger partial charge in [0.15, 0.2) is 12.8 Å². The van der Waals surface area contributed by atoms with Crippen LogP contribution in [-0.2, 0) is 16.1 Å². The fourth-order valence-electron chi connectivity index (χ4n) is 2.88. The molecule has 2 heterocycles. The first-order valence-electron chi connectivity index (χ1n) is 8.59. The molecule has 0 saturated carbocycles. The molecular formula is C18H21F2N3O4. The zero-order valence-electron chi connectivity index (χ0n) is 14.6. The monoisotopic (exact) mass is 381 g/mol. The van der Waals surface area contributed by atoms with Crippen LogP contribution in [0.1, 0.15) is 12.0 Å². The number of hydrazone groups is 1. The summed E-state index contributed by atoms with van der Waals surface area (Å²) in [6.07, 6.45) is -0.938. The number of nitrogens with one attached hydrogen (secondary N) is 1. The molecule has 146 valence electrons. The first-order valence-corrected chi connectivity index (χ1v) is 8.59. The summed E-state index contributed by atoms with van der Waals surface area (Å²) >= 11 is 0. The van der Waals surface area contributed by atoms with Gasteiger partial charge in [-0.2, -0.15) is 5.10 Å². The fourth-order valence-corrected chi connectivity index (χ4v) is 2.88. The minimum atomic E-state index is -2.64. The van der Waals surface area contributed by atoms with Crippen molar-refractivity contribution in [2.45, 2.75) is 31.8 Å². The van der Waals surface area contributed by atoms with Crippen molar-refractivity contribution in [2.75, 3.05) is 19.7 Å². The van der Waals surface area contributed by atoms with E-state index in [1.807, 2.05) is 0 Å². The number of benzene rings is 1. The molecule has 2 aliphatic rings. The summed E-state index contributed by atoms with van der Waals surface area (Å²) in [5.74, 6) is 0.329. The number of hydrogen-bond donors (Lipinski definition) is 2. The van der Waals surface area contributed by atoms with E-state index in [1.54, 1.807) is 29.2 Å². The molecule has 0 aliphatic carbocycles. The number of amides is 1. The van der Waals surface area contributed by atoms with Crippen molar-refractivity contribution in [3.63, 3.8) is 0 Å². The number of ether oxygens (including phenoxy) is 2. The molecule has 1 amide bonds. The van der Waals surface area contributed by atoms with Crippen molar-refractivity contribution in [2.24, 2.45) is 5.10 Å². The van der Waals surface area contributed by atoms with Crippen LogP contribution in [0.2, 0.25) is 0 Å². The van der Waals surface area contributed by atoms with E-state index in [0.717, 1.165) is 5.56 Å². The molecule has 9 heteroatoms. The van der Waals surface area contributed by atoms with Crippen LogP contribution in [0.5, 0.6) is 5.75 Å². The average Bonchev–Trinajstić information content (AvgIpc) is 3.15. The highest BCUT2D eigenvalue weighted by Gasteiger charge is 2.32. The van der Waals surface area contributed by atoms with Crippen molar-refractivity contribution in [3.05, 3.63) is 41.5 Å². The molecule has 0 aromatic heterocycles. The van der Waals surface area contributed by atoms with Crippen molar-refractivity contribution in [1.29, 1.82) is 0 Å². The zero-order valence-corrected chi connectivity index (χ0v) is 14.6. The van der Waals surface area contributed by atoms with Crippen LogP contribution >= 0.6 is 0 Å². The number of hydrogen-bond acceptors (Lipinski definition) is 6. The van der Waals surface area contributed by atoms with E-state index in [2.05, 4.69) is 10.5 Å². The smallest absolute Gasteiger partial charge is 0.264 e. The Morgan fingerprint density at radius 2 is 2.15 bits per heavy atom. The van der Waals surface area contributed by atoms with E-state index >= 15 is 0 Å². The van der Waals surface area contributed by atoms with Gasteiger partial charge in [0.25, 0.3) is 12.3 Å². The number of rotatable bonds is 7. The molecule has 2 N–H and O–H groups in total. The number of aliphatic hydroxyl groups is 1. The highest BCUT2D eigenvalue weighted by molar-refractivity contribution is 5.78. The number of aliphatic hydroxyl groups excluding tert-OH is 1. The van der Waals surface area contributed by atoms with Crippen molar-refractivity contribution in [3.8, 4) is 5.75 Å². The summed E-state index contributed by atoms with van der Waals surface area (Å²) in [5, 5.41) is 12.7. The number of halogens is 2. The second-order valence-corrected chi connectivity index (χ2v) is 6.23. The van der Waals surface area contributed by atoms with Gasteiger partial charge in [0.1, 0.15) is 5.75 Å². The molecule has 1 fully saturated rings. The maximum absolute atomic E-state index is 13.0. The van der Waals surface area contributed by atoms with Gasteiger partial charge in [0, 0.05) is 24.9 Å². The number of allylic oxidation sites excluding steroid dienone is 1. The molecule has 2 atom stereocenters. The van der Waals surface area contributed by atoms with Crippen molar-refractivity contribution >= 4 is 12.1 Å². The van der Waals surface area contributed by atoms with Gasteiger partial charge in [-0.1, -0.05) is 12.1 Å².